The molecule has 0 saturated carbocycles. The maximum atomic E-state index is 12.9. The van der Waals surface area contributed by atoms with E-state index in [1.54, 1.807) is 0 Å². The van der Waals surface area contributed by atoms with E-state index in [9.17, 15) is 4.39 Å². The average molecular weight is 278 g/mol. The first kappa shape index (κ1) is 12.0. The first-order valence-corrected chi connectivity index (χ1v) is 5.96. The fraction of sp³-hybridized carbons (Fsp3) is 0.167. The predicted molar refractivity (Wildman–Crippen MR) is 68.5 cm³/mol. The van der Waals surface area contributed by atoms with E-state index in [1.807, 2.05) is 13.8 Å². The van der Waals surface area contributed by atoms with Gasteiger partial charge in [0.15, 0.2) is 10.8 Å². The monoisotopic (exact) mass is 277 g/mol. The largest absolute Gasteiger partial charge is 0.250 e. The Kier molecular flexibility index (Phi) is 2.67. The van der Waals surface area contributed by atoms with E-state index >= 15 is 0 Å². The molecule has 3 aromatic heterocycles. The smallest absolute Gasteiger partial charge is 0.203 e. The van der Waals surface area contributed by atoms with Gasteiger partial charge in [-0.1, -0.05) is 11.6 Å². The number of aromatic nitrogens is 5. The lowest BCUT2D eigenvalue weighted by Crippen LogP contribution is -2.01. The predicted octanol–water partition coefficient (Wildman–Crippen LogP) is 2.60. The van der Waals surface area contributed by atoms with Gasteiger partial charge >= 0.3 is 0 Å². The van der Waals surface area contributed by atoms with Crippen molar-refractivity contribution in [2.45, 2.75) is 13.8 Å². The third-order valence-electron chi connectivity index (χ3n) is 2.99. The van der Waals surface area contributed by atoms with Gasteiger partial charge in [0.2, 0.25) is 5.82 Å². The van der Waals surface area contributed by atoms with Crippen LogP contribution in [0.25, 0.3) is 17.2 Å². The van der Waals surface area contributed by atoms with Gasteiger partial charge in [0.1, 0.15) is 11.5 Å². The summed E-state index contributed by atoms with van der Waals surface area (Å²) in [4.78, 5) is 3.97. The molecule has 0 saturated heterocycles. The van der Waals surface area contributed by atoms with Crippen molar-refractivity contribution in [3.05, 3.63) is 40.4 Å². The van der Waals surface area contributed by atoms with Crippen LogP contribution in [0.1, 0.15) is 11.1 Å². The lowest BCUT2D eigenvalue weighted by Gasteiger charge is -2.04. The van der Waals surface area contributed by atoms with Gasteiger partial charge in [-0.25, -0.2) is 9.37 Å². The Morgan fingerprint density at radius 1 is 1.16 bits per heavy atom. The molecule has 0 atom stereocenters. The molecule has 0 unspecified atom stereocenters. The Labute approximate surface area is 113 Å². The number of rotatable bonds is 1. The summed E-state index contributed by atoms with van der Waals surface area (Å²) in [5.41, 5.74) is 2.87. The second kappa shape index (κ2) is 4.24. The Balaban J connectivity index is 2.29. The van der Waals surface area contributed by atoms with Crippen molar-refractivity contribution >= 4 is 17.2 Å². The van der Waals surface area contributed by atoms with Crippen LogP contribution in [0.15, 0.2) is 18.3 Å². The molecule has 7 heteroatoms. The van der Waals surface area contributed by atoms with Gasteiger partial charge < -0.3 is 0 Å². The molecule has 3 rings (SSSR count). The summed E-state index contributed by atoms with van der Waals surface area (Å²) < 4.78 is 14.4. The number of nitrogens with zero attached hydrogens (tertiary/aromatic N) is 5. The summed E-state index contributed by atoms with van der Waals surface area (Å²) in [6, 6.07) is 2.84. The normalized spacial score (nSPS) is 11.2. The van der Waals surface area contributed by atoms with Gasteiger partial charge in [-0.3, -0.25) is 0 Å². The molecule has 0 aliphatic heterocycles. The molecule has 19 heavy (non-hydrogen) atoms. The summed E-state index contributed by atoms with van der Waals surface area (Å²) in [5.74, 6) is 0.0237. The number of fused-ring (bicyclic) bond motifs is 1. The fourth-order valence-electron chi connectivity index (χ4n) is 1.76. The van der Waals surface area contributed by atoms with Gasteiger partial charge in [-0.15, -0.1) is 10.2 Å². The Bertz CT molecular complexity index is 766. The van der Waals surface area contributed by atoms with Crippen LogP contribution < -0.4 is 0 Å². The first-order chi connectivity index (χ1) is 9.08. The van der Waals surface area contributed by atoms with Crippen molar-refractivity contribution in [1.29, 1.82) is 0 Å². The van der Waals surface area contributed by atoms with Crippen molar-refractivity contribution < 1.29 is 4.39 Å². The van der Waals surface area contributed by atoms with E-state index in [2.05, 4.69) is 20.3 Å². The minimum Gasteiger partial charge on any atom is -0.250 e. The van der Waals surface area contributed by atoms with Crippen LogP contribution in [0.2, 0.25) is 5.15 Å². The molecule has 96 valence electrons. The van der Waals surface area contributed by atoms with E-state index in [0.29, 0.717) is 22.3 Å². The fourth-order valence-corrected chi connectivity index (χ4v) is 1.98. The minimum absolute atomic E-state index is 0.383. The maximum Gasteiger partial charge on any atom is 0.203 e. The lowest BCUT2D eigenvalue weighted by atomic mass is 10.2. The van der Waals surface area contributed by atoms with Crippen molar-refractivity contribution in [3.8, 4) is 11.5 Å². The third kappa shape index (κ3) is 1.84. The van der Waals surface area contributed by atoms with E-state index in [-0.39, 0.29) is 0 Å². The highest BCUT2D eigenvalue weighted by molar-refractivity contribution is 6.30. The molecule has 3 aromatic rings. The molecule has 0 aliphatic rings. The quantitative estimate of drug-likeness (QED) is 0.686. The number of halogens is 2. The van der Waals surface area contributed by atoms with Crippen LogP contribution in [0.3, 0.4) is 0 Å². The van der Waals surface area contributed by atoms with Crippen LogP contribution in [0.5, 0.6) is 0 Å². The highest BCUT2D eigenvalue weighted by Crippen LogP contribution is 2.22. The van der Waals surface area contributed by atoms with Crippen molar-refractivity contribution in [1.82, 2.24) is 24.8 Å². The highest BCUT2D eigenvalue weighted by Gasteiger charge is 2.15. The molecule has 0 N–H and O–H groups in total. The Morgan fingerprint density at radius 3 is 2.63 bits per heavy atom. The molecule has 0 radical (unpaired) electrons. The van der Waals surface area contributed by atoms with Crippen molar-refractivity contribution in [3.63, 3.8) is 0 Å². The zero-order valence-corrected chi connectivity index (χ0v) is 11.0. The summed E-state index contributed by atoms with van der Waals surface area (Å²) in [5, 5.41) is 12.7. The highest BCUT2D eigenvalue weighted by atomic mass is 35.5. The lowest BCUT2D eigenvalue weighted by molar-refractivity contribution is 0.621. The standard InChI is InChI=1S/C12H9ClFN5/c1-6-7(2)11-16-17-12(19(11)18-10(6)13)9-4-3-8(14)5-15-9/h3-5H,1-2H3. The zero-order chi connectivity index (χ0) is 13.6. The molecule has 5 nitrogen and oxygen atoms in total. The maximum absolute atomic E-state index is 12.9. The SMILES string of the molecule is Cc1c(Cl)nn2c(-c3ccc(F)cn3)nnc2c1C. The van der Waals surface area contributed by atoms with E-state index < -0.39 is 5.82 Å². The molecule has 0 fully saturated rings. The Hall–Kier alpha value is -2.08. The van der Waals surface area contributed by atoms with E-state index in [0.717, 1.165) is 17.3 Å². The second-order valence-corrected chi connectivity index (χ2v) is 4.52. The first-order valence-electron chi connectivity index (χ1n) is 5.58. The molecular formula is C12H9ClFN5. The summed E-state index contributed by atoms with van der Waals surface area (Å²) in [6.07, 6.45) is 1.12. The summed E-state index contributed by atoms with van der Waals surface area (Å²) in [6.45, 7) is 3.77. The summed E-state index contributed by atoms with van der Waals surface area (Å²) >= 11 is 6.07. The molecule has 0 bridgehead atoms. The van der Waals surface area contributed by atoms with Gasteiger partial charge in [0, 0.05) is 5.56 Å². The third-order valence-corrected chi connectivity index (χ3v) is 3.35. The number of hydrogen-bond donors (Lipinski definition) is 0. The number of aryl methyl sites for hydroxylation is 1. The molecule has 0 amide bonds. The molecule has 0 aromatic carbocycles. The molecule has 3 heterocycles. The van der Waals surface area contributed by atoms with Gasteiger partial charge in [-0.2, -0.15) is 9.61 Å². The average Bonchev–Trinajstić information content (AvgIpc) is 2.81. The Morgan fingerprint density at radius 2 is 1.95 bits per heavy atom. The molecule has 0 aliphatic carbocycles. The van der Waals surface area contributed by atoms with Crippen LogP contribution >= 0.6 is 11.6 Å². The number of pyridine rings is 1. The van der Waals surface area contributed by atoms with Gasteiger partial charge in [0.25, 0.3) is 0 Å². The van der Waals surface area contributed by atoms with Crippen molar-refractivity contribution in [2.24, 2.45) is 0 Å². The number of hydrogen-bond acceptors (Lipinski definition) is 4. The van der Waals surface area contributed by atoms with Crippen LogP contribution in [0, 0.1) is 19.7 Å². The second-order valence-electron chi connectivity index (χ2n) is 4.16. The van der Waals surface area contributed by atoms with Crippen LogP contribution in [0.4, 0.5) is 4.39 Å². The van der Waals surface area contributed by atoms with Gasteiger partial charge in [-0.05, 0) is 31.5 Å². The van der Waals surface area contributed by atoms with E-state index in [1.165, 1.54) is 16.6 Å². The molecule has 0 spiro atoms. The zero-order valence-electron chi connectivity index (χ0n) is 10.2. The molecular weight excluding hydrogens is 269 g/mol. The van der Waals surface area contributed by atoms with Gasteiger partial charge in [0.05, 0.1) is 6.20 Å². The minimum atomic E-state index is -0.407. The van der Waals surface area contributed by atoms with Crippen LogP contribution in [-0.4, -0.2) is 24.8 Å². The summed E-state index contributed by atoms with van der Waals surface area (Å²) in [7, 11) is 0. The topological polar surface area (TPSA) is 56.0 Å². The van der Waals surface area contributed by atoms with Crippen LogP contribution in [-0.2, 0) is 0 Å². The van der Waals surface area contributed by atoms with E-state index in [4.69, 9.17) is 11.6 Å². The van der Waals surface area contributed by atoms with Crippen molar-refractivity contribution in [2.75, 3.05) is 0 Å².